The summed E-state index contributed by atoms with van der Waals surface area (Å²) in [6.45, 7) is 4.13. The van der Waals surface area contributed by atoms with Gasteiger partial charge in [-0.05, 0) is 31.4 Å². The van der Waals surface area contributed by atoms with Gasteiger partial charge in [-0.1, -0.05) is 18.2 Å². The summed E-state index contributed by atoms with van der Waals surface area (Å²) in [4.78, 5) is 18.5. The lowest BCUT2D eigenvalue weighted by Gasteiger charge is -2.49. The number of fused-ring (bicyclic) bond motifs is 6. The molecule has 2 aromatic rings. The molecule has 1 aromatic heterocycles. The number of benzene rings is 1. The molecule has 0 saturated carbocycles. The predicted molar refractivity (Wildman–Crippen MR) is 98.6 cm³/mol. The molecule has 5 heteroatoms. The molecule has 4 heterocycles. The summed E-state index contributed by atoms with van der Waals surface area (Å²) in [7, 11) is 1.45. The lowest BCUT2D eigenvalue weighted by molar-refractivity contribution is -0.139. The smallest absolute Gasteiger partial charge is 0.337 e. The van der Waals surface area contributed by atoms with Gasteiger partial charge in [0.2, 0.25) is 0 Å². The van der Waals surface area contributed by atoms with Crippen molar-refractivity contribution in [3.63, 3.8) is 0 Å². The minimum Gasteiger partial charge on any atom is -0.497 e. The number of nitrogens with one attached hydrogen (secondary N) is 1. The van der Waals surface area contributed by atoms with Gasteiger partial charge >= 0.3 is 5.97 Å². The van der Waals surface area contributed by atoms with Crippen molar-refractivity contribution in [1.29, 1.82) is 0 Å². The molecule has 1 fully saturated rings. The van der Waals surface area contributed by atoms with Crippen molar-refractivity contribution >= 4 is 16.9 Å². The van der Waals surface area contributed by atoms with E-state index >= 15 is 0 Å². The summed E-state index contributed by atoms with van der Waals surface area (Å²) >= 11 is 0. The molecule has 4 atom stereocenters. The molecule has 0 amide bonds. The molecule has 3 aliphatic rings. The van der Waals surface area contributed by atoms with Gasteiger partial charge in [-0.3, -0.25) is 4.90 Å². The Morgan fingerprint density at radius 2 is 2.19 bits per heavy atom. The highest BCUT2D eigenvalue weighted by molar-refractivity contribution is 5.89. The molecule has 0 spiro atoms. The number of piperidine rings is 1. The van der Waals surface area contributed by atoms with E-state index in [9.17, 15) is 4.79 Å². The van der Waals surface area contributed by atoms with Crippen LogP contribution in [0.25, 0.3) is 10.9 Å². The van der Waals surface area contributed by atoms with E-state index in [2.05, 4.69) is 41.1 Å². The van der Waals surface area contributed by atoms with Gasteiger partial charge in [-0.2, -0.15) is 0 Å². The molecule has 5 rings (SSSR count). The summed E-state index contributed by atoms with van der Waals surface area (Å²) < 4.78 is 10.8. The van der Waals surface area contributed by atoms with E-state index in [1.165, 1.54) is 29.3 Å². The Balaban J connectivity index is 1.55. The van der Waals surface area contributed by atoms with Crippen molar-refractivity contribution in [2.45, 2.75) is 31.9 Å². The van der Waals surface area contributed by atoms with Crippen LogP contribution in [0, 0.1) is 11.8 Å². The van der Waals surface area contributed by atoms with E-state index in [1.807, 2.05) is 0 Å². The van der Waals surface area contributed by atoms with Crippen molar-refractivity contribution in [1.82, 2.24) is 9.88 Å². The van der Waals surface area contributed by atoms with E-state index in [1.54, 1.807) is 6.26 Å². The first-order chi connectivity index (χ1) is 12.7. The molecular weight excluding hydrogens is 328 g/mol. The summed E-state index contributed by atoms with van der Waals surface area (Å²) in [5.41, 5.74) is 4.69. The molecule has 5 nitrogen and oxygen atoms in total. The number of aromatic amines is 1. The van der Waals surface area contributed by atoms with Gasteiger partial charge < -0.3 is 14.5 Å². The van der Waals surface area contributed by atoms with E-state index in [0.29, 0.717) is 17.5 Å². The second-order valence-electron chi connectivity index (χ2n) is 7.74. The molecule has 3 aliphatic heterocycles. The van der Waals surface area contributed by atoms with Crippen LogP contribution in [-0.2, 0) is 20.7 Å². The molecule has 1 aromatic carbocycles. The molecule has 0 radical (unpaired) electrons. The van der Waals surface area contributed by atoms with Crippen LogP contribution >= 0.6 is 0 Å². The molecular formula is C21H24N2O3. The largest absolute Gasteiger partial charge is 0.497 e. The summed E-state index contributed by atoms with van der Waals surface area (Å²) in [5.74, 6) is 0.258. The van der Waals surface area contributed by atoms with Gasteiger partial charge in [-0.15, -0.1) is 0 Å². The first-order valence-corrected chi connectivity index (χ1v) is 9.44. The predicted octanol–water partition coefficient (Wildman–Crippen LogP) is 3.18. The Labute approximate surface area is 153 Å². The van der Waals surface area contributed by atoms with Gasteiger partial charge in [0.15, 0.2) is 0 Å². The zero-order chi connectivity index (χ0) is 17.8. The average molecular weight is 352 g/mol. The second-order valence-corrected chi connectivity index (χ2v) is 7.74. The van der Waals surface area contributed by atoms with Gasteiger partial charge in [-0.25, -0.2) is 4.79 Å². The first-order valence-electron chi connectivity index (χ1n) is 9.44. The molecule has 0 bridgehead atoms. The number of H-pyrrole nitrogens is 1. The maximum Gasteiger partial charge on any atom is 0.337 e. The second kappa shape index (κ2) is 5.88. The lowest BCUT2D eigenvalue weighted by Crippen LogP contribution is -2.51. The lowest BCUT2D eigenvalue weighted by atomic mass is 9.72. The Morgan fingerprint density at radius 1 is 1.35 bits per heavy atom. The van der Waals surface area contributed by atoms with E-state index < -0.39 is 0 Å². The Morgan fingerprint density at radius 3 is 3.04 bits per heavy atom. The molecule has 1 unspecified atom stereocenters. The molecule has 1 N–H and O–H groups in total. The number of hydrogen-bond acceptors (Lipinski definition) is 4. The fourth-order valence-corrected chi connectivity index (χ4v) is 5.19. The number of carbonyl (C=O) groups is 1. The summed E-state index contributed by atoms with van der Waals surface area (Å²) in [6.07, 6.45) is 3.77. The maximum atomic E-state index is 12.3. The molecule has 0 aliphatic carbocycles. The number of para-hydroxylation sites is 1. The average Bonchev–Trinajstić information content (AvgIpc) is 3.06. The van der Waals surface area contributed by atoms with Crippen molar-refractivity contribution in [3.8, 4) is 0 Å². The Hall–Kier alpha value is -2.27. The summed E-state index contributed by atoms with van der Waals surface area (Å²) in [5, 5.41) is 1.34. The number of carbonyl (C=O) groups excluding carboxylic acids is 1. The molecule has 26 heavy (non-hydrogen) atoms. The maximum absolute atomic E-state index is 12.3. The van der Waals surface area contributed by atoms with E-state index in [4.69, 9.17) is 9.47 Å². The first kappa shape index (κ1) is 15.9. The van der Waals surface area contributed by atoms with Gasteiger partial charge in [0, 0.05) is 41.5 Å². The normalized spacial score (nSPS) is 30.6. The zero-order valence-corrected chi connectivity index (χ0v) is 15.2. The monoisotopic (exact) mass is 352 g/mol. The molecule has 136 valence electrons. The number of esters is 1. The van der Waals surface area contributed by atoms with Crippen molar-refractivity contribution in [2.75, 3.05) is 20.2 Å². The number of ether oxygens (including phenoxy) is 2. The van der Waals surface area contributed by atoms with Crippen LogP contribution in [0.1, 0.15) is 30.6 Å². The Bertz CT molecular complexity index is 900. The number of rotatable bonds is 1. The highest BCUT2D eigenvalue weighted by Gasteiger charge is 2.46. The Kier molecular flexibility index (Phi) is 3.60. The minimum absolute atomic E-state index is 0.124. The quantitative estimate of drug-likeness (QED) is 0.801. The summed E-state index contributed by atoms with van der Waals surface area (Å²) in [6, 6.07) is 8.88. The molecule has 1 saturated heterocycles. The van der Waals surface area contributed by atoms with Crippen LogP contribution in [0.2, 0.25) is 0 Å². The van der Waals surface area contributed by atoms with Crippen LogP contribution in [-0.4, -0.2) is 42.2 Å². The van der Waals surface area contributed by atoms with Crippen molar-refractivity contribution in [2.24, 2.45) is 11.8 Å². The van der Waals surface area contributed by atoms with Crippen LogP contribution in [0.5, 0.6) is 0 Å². The van der Waals surface area contributed by atoms with Crippen LogP contribution in [0.15, 0.2) is 36.1 Å². The number of aromatic nitrogens is 1. The van der Waals surface area contributed by atoms with Crippen LogP contribution < -0.4 is 0 Å². The van der Waals surface area contributed by atoms with Crippen LogP contribution in [0.3, 0.4) is 0 Å². The van der Waals surface area contributed by atoms with E-state index in [0.717, 1.165) is 25.9 Å². The number of nitrogens with zero attached hydrogens (tertiary/aromatic N) is 1. The van der Waals surface area contributed by atoms with Crippen molar-refractivity contribution in [3.05, 3.63) is 47.4 Å². The zero-order valence-electron chi connectivity index (χ0n) is 15.2. The fraction of sp³-hybridized carbons (Fsp3) is 0.476. The van der Waals surface area contributed by atoms with Gasteiger partial charge in [0.05, 0.1) is 31.1 Å². The highest BCUT2D eigenvalue weighted by Crippen LogP contribution is 2.47. The highest BCUT2D eigenvalue weighted by atomic mass is 16.5. The minimum atomic E-state index is -0.256. The number of hydrogen-bond donors (Lipinski definition) is 1. The van der Waals surface area contributed by atoms with Crippen LogP contribution in [0.4, 0.5) is 0 Å². The van der Waals surface area contributed by atoms with Crippen molar-refractivity contribution < 1.29 is 14.3 Å². The third-order valence-electron chi connectivity index (χ3n) is 6.54. The topological polar surface area (TPSA) is 54.6 Å². The standard InChI is InChI=1S/C21H24N2O3/c1-12-16-10-23-8-7-14-13-5-3-4-6-18(13)22-20(14)19(23)9-15(16)17(11-26-12)21(24)25-2/h3-6,11-12,15-16,19,22H,7-10H2,1-2H3/t12?,15-,16+,19-/m0/s1. The van der Waals surface area contributed by atoms with E-state index in [-0.39, 0.29) is 18.0 Å². The SMILES string of the molecule is COC(=O)C1=COC(C)[C@H]2CN3CCc4c([nH]c5ccccc45)[C@@H]3C[C@H]12. The fourth-order valence-electron chi connectivity index (χ4n) is 5.19. The third-order valence-corrected chi connectivity index (χ3v) is 6.54. The third kappa shape index (κ3) is 2.23. The van der Waals surface area contributed by atoms with Gasteiger partial charge in [0.1, 0.15) is 0 Å². The van der Waals surface area contributed by atoms with Gasteiger partial charge in [0.25, 0.3) is 0 Å². The number of methoxy groups -OCH3 is 1.